The fraction of sp³-hybridized carbons (Fsp3) is 0.458. The van der Waals surface area contributed by atoms with Crippen molar-refractivity contribution in [3.63, 3.8) is 0 Å². The lowest BCUT2D eigenvalue weighted by atomic mass is 10.0. The number of carbonyl (C=O) groups is 1. The van der Waals surface area contributed by atoms with Crippen LogP contribution in [0.3, 0.4) is 0 Å². The Morgan fingerprint density at radius 1 is 1.13 bits per heavy atom. The van der Waals surface area contributed by atoms with E-state index in [0.717, 1.165) is 36.4 Å². The molecule has 0 saturated carbocycles. The Balaban J connectivity index is 1.43. The first-order valence-electron chi connectivity index (χ1n) is 10.7. The molecular weight excluding hydrogens is 396 g/mol. The lowest BCUT2D eigenvalue weighted by Gasteiger charge is -2.28. The molecule has 7 nitrogen and oxygen atoms in total. The van der Waals surface area contributed by atoms with E-state index in [2.05, 4.69) is 17.0 Å². The summed E-state index contributed by atoms with van der Waals surface area (Å²) >= 11 is 0. The maximum Gasteiger partial charge on any atom is 0.236 e. The number of hydrogen-bond donors (Lipinski definition) is 0. The standard InChI is InChI=1S/C24H30N2O5/c1-25(15-18-6-4-8-21(28-2)24(18)29-3)23(27)16-26-11-5-7-19(26)17-9-10-20-22(14-17)31-13-12-30-20/h4,6,8-10,14,19H,5,7,11-13,15-16H2,1-3H3/t19-/m0/s1. The van der Waals surface area contributed by atoms with Crippen LogP contribution in [0.25, 0.3) is 0 Å². The zero-order valence-corrected chi connectivity index (χ0v) is 18.4. The van der Waals surface area contributed by atoms with E-state index in [1.54, 1.807) is 19.1 Å². The molecular formula is C24H30N2O5. The molecule has 0 aromatic heterocycles. The second kappa shape index (κ2) is 9.47. The summed E-state index contributed by atoms with van der Waals surface area (Å²) in [5.41, 5.74) is 2.09. The third-order valence-electron chi connectivity index (χ3n) is 5.97. The normalized spacial score (nSPS) is 18.0. The van der Waals surface area contributed by atoms with Gasteiger partial charge in [-0.25, -0.2) is 0 Å². The molecule has 0 N–H and O–H groups in total. The van der Waals surface area contributed by atoms with Gasteiger partial charge in [-0.05, 0) is 43.1 Å². The first-order chi connectivity index (χ1) is 15.1. The fourth-order valence-electron chi connectivity index (χ4n) is 4.38. The van der Waals surface area contributed by atoms with Crippen LogP contribution in [0, 0.1) is 0 Å². The van der Waals surface area contributed by atoms with Gasteiger partial charge in [-0.15, -0.1) is 0 Å². The van der Waals surface area contributed by atoms with Crippen molar-refractivity contribution in [2.75, 3.05) is 47.6 Å². The molecule has 0 aliphatic carbocycles. The van der Waals surface area contributed by atoms with Crippen molar-refractivity contribution in [2.24, 2.45) is 0 Å². The van der Waals surface area contributed by atoms with E-state index in [9.17, 15) is 4.79 Å². The van der Waals surface area contributed by atoms with Crippen LogP contribution < -0.4 is 18.9 Å². The van der Waals surface area contributed by atoms with Gasteiger partial charge in [0, 0.05) is 25.2 Å². The van der Waals surface area contributed by atoms with Gasteiger partial charge in [0.2, 0.25) is 5.91 Å². The summed E-state index contributed by atoms with van der Waals surface area (Å²) in [6.45, 7) is 2.90. The summed E-state index contributed by atoms with van der Waals surface area (Å²) in [6, 6.07) is 12.1. The zero-order valence-electron chi connectivity index (χ0n) is 18.4. The molecule has 4 rings (SSSR count). The van der Waals surface area contributed by atoms with Crippen LogP contribution in [0.4, 0.5) is 0 Å². The molecule has 1 fully saturated rings. The molecule has 0 bridgehead atoms. The number of amides is 1. The van der Waals surface area contributed by atoms with Gasteiger partial charge < -0.3 is 23.8 Å². The average molecular weight is 427 g/mol. The minimum Gasteiger partial charge on any atom is -0.493 e. The van der Waals surface area contributed by atoms with Crippen molar-refractivity contribution in [2.45, 2.75) is 25.4 Å². The first kappa shape index (κ1) is 21.3. The Morgan fingerprint density at radius 2 is 1.94 bits per heavy atom. The Kier molecular flexibility index (Phi) is 6.51. The maximum atomic E-state index is 13.0. The monoisotopic (exact) mass is 426 g/mol. The number of nitrogens with zero attached hydrogens (tertiary/aromatic N) is 2. The van der Waals surface area contributed by atoms with Crippen LogP contribution in [-0.2, 0) is 11.3 Å². The lowest BCUT2D eigenvalue weighted by molar-refractivity contribution is -0.131. The molecule has 2 aromatic rings. The number of likely N-dealkylation sites (tertiary alicyclic amines) is 1. The molecule has 1 atom stereocenters. The van der Waals surface area contributed by atoms with Crippen LogP contribution in [0.2, 0.25) is 0 Å². The van der Waals surface area contributed by atoms with E-state index in [-0.39, 0.29) is 11.9 Å². The molecule has 166 valence electrons. The number of rotatable bonds is 7. The molecule has 0 radical (unpaired) electrons. The Morgan fingerprint density at radius 3 is 2.71 bits per heavy atom. The fourth-order valence-corrected chi connectivity index (χ4v) is 4.38. The van der Waals surface area contributed by atoms with Gasteiger partial charge in [0.05, 0.1) is 20.8 Å². The second-order valence-corrected chi connectivity index (χ2v) is 7.93. The zero-order chi connectivity index (χ0) is 21.8. The first-order valence-corrected chi connectivity index (χ1v) is 10.7. The molecule has 7 heteroatoms. The second-order valence-electron chi connectivity index (χ2n) is 7.93. The summed E-state index contributed by atoms with van der Waals surface area (Å²) in [6.07, 6.45) is 2.10. The highest BCUT2D eigenvalue weighted by molar-refractivity contribution is 5.78. The molecule has 1 amide bonds. The maximum absolute atomic E-state index is 13.0. The van der Waals surface area contributed by atoms with Crippen molar-refractivity contribution < 1.29 is 23.7 Å². The molecule has 0 unspecified atom stereocenters. The number of carbonyl (C=O) groups excluding carboxylic acids is 1. The number of hydrogen-bond acceptors (Lipinski definition) is 6. The quantitative estimate of drug-likeness (QED) is 0.677. The van der Waals surface area contributed by atoms with E-state index < -0.39 is 0 Å². The number of ether oxygens (including phenoxy) is 4. The van der Waals surface area contributed by atoms with E-state index >= 15 is 0 Å². The van der Waals surface area contributed by atoms with Crippen LogP contribution in [0.15, 0.2) is 36.4 Å². The minimum atomic E-state index is 0.0781. The summed E-state index contributed by atoms with van der Waals surface area (Å²) in [4.78, 5) is 17.0. The van der Waals surface area contributed by atoms with Crippen molar-refractivity contribution in [3.05, 3.63) is 47.5 Å². The Bertz CT molecular complexity index is 932. The average Bonchev–Trinajstić information content (AvgIpc) is 3.26. The minimum absolute atomic E-state index is 0.0781. The van der Waals surface area contributed by atoms with Gasteiger partial charge in [-0.2, -0.15) is 0 Å². The molecule has 2 aliphatic rings. The van der Waals surface area contributed by atoms with Gasteiger partial charge in [-0.3, -0.25) is 9.69 Å². The molecule has 2 aromatic carbocycles. The van der Waals surface area contributed by atoms with E-state index in [1.807, 2.05) is 31.3 Å². The van der Waals surface area contributed by atoms with Crippen LogP contribution in [0.1, 0.15) is 30.0 Å². The summed E-state index contributed by atoms with van der Waals surface area (Å²) < 4.78 is 22.3. The van der Waals surface area contributed by atoms with Crippen molar-refractivity contribution in [1.29, 1.82) is 0 Å². The summed E-state index contributed by atoms with van der Waals surface area (Å²) in [7, 11) is 5.06. The highest BCUT2D eigenvalue weighted by Gasteiger charge is 2.29. The highest BCUT2D eigenvalue weighted by atomic mass is 16.6. The smallest absolute Gasteiger partial charge is 0.236 e. The van der Waals surface area contributed by atoms with E-state index in [4.69, 9.17) is 18.9 Å². The van der Waals surface area contributed by atoms with Crippen molar-refractivity contribution in [1.82, 2.24) is 9.80 Å². The molecule has 2 heterocycles. The van der Waals surface area contributed by atoms with Gasteiger partial charge in [0.15, 0.2) is 23.0 Å². The predicted molar refractivity (Wildman–Crippen MR) is 117 cm³/mol. The van der Waals surface area contributed by atoms with E-state index in [1.165, 1.54) is 5.56 Å². The summed E-state index contributed by atoms with van der Waals surface area (Å²) in [5.74, 6) is 3.00. The Labute approximate surface area is 183 Å². The lowest BCUT2D eigenvalue weighted by Crippen LogP contribution is -2.38. The van der Waals surface area contributed by atoms with Gasteiger partial charge >= 0.3 is 0 Å². The Hall–Kier alpha value is -2.93. The molecule has 2 aliphatic heterocycles. The van der Waals surface area contributed by atoms with Gasteiger partial charge in [-0.1, -0.05) is 18.2 Å². The highest BCUT2D eigenvalue weighted by Crippen LogP contribution is 2.38. The number of methoxy groups -OCH3 is 2. The van der Waals surface area contributed by atoms with Crippen LogP contribution >= 0.6 is 0 Å². The topological polar surface area (TPSA) is 60.5 Å². The van der Waals surface area contributed by atoms with Crippen molar-refractivity contribution in [3.8, 4) is 23.0 Å². The van der Waals surface area contributed by atoms with Gasteiger partial charge in [0.1, 0.15) is 13.2 Å². The number of benzene rings is 2. The summed E-state index contributed by atoms with van der Waals surface area (Å²) in [5, 5.41) is 0. The molecule has 0 spiro atoms. The largest absolute Gasteiger partial charge is 0.493 e. The SMILES string of the molecule is COc1cccc(CN(C)C(=O)CN2CCC[C@H]2c2ccc3c(c2)OCCO3)c1OC. The predicted octanol–water partition coefficient (Wildman–Crippen LogP) is 3.27. The number of fused-ring (bicyclic) bond motifs is 1. The third kappa shape index (κ3) is 4.56. The van der Waals surface area contributed by atoms with Gasteiger partial charge in [0.25, 0.3) is 0 Å². The third-order valence-corrected chi connectivity index (χ3v) is 5.97. The van der Waals surface area contributed by atoms with Crippen molar-refractivity contribution >= 4 is 5.91 Å². The van der Waals surface area contributed by atoms with Crippen LogP contribution in [0.5, 0.6) is 23.0 Å². The number of para-hydroxylation sites is 1. The van der Waals surface area contributed by atoms with E-state index in [0.29, 0.717) is 37.8 Å². The molecule has 1 saturated heterocycles. The molecule has 31 heavy (non-hydrogen) atoms. The number of likely N-dealkylation sites (N-methyl/N-ethyl adjacent to an activating group) is 1. The van der Waals surface area contributed by atoms with Crippen LogP contribution in [-0.4, -0.2) is 63.3 Å².